The molecule has 1 heterocycles. The fourth-order valence-corrected chi connectivity index (χ4v) is 3.01. The molecular formula is C19H27NO4. The molecule has 1 amide bonds. The normalized spacial score (nSPS) is 16.8. The molecule has 2 N–H and O–H groups in total. The molecule has 0 saturated carbocycles. The molecule has 5 nitrogen and oxygen atoms in total. The summed E-state index contributed by atoms with van der Waals surface area (Å²) in [7, 11) is 0. The Labute approximate surface area is 143 Å². The van der Waals surface area contributed by atoms with Crippen molar-refractivity contribution >= 4 is 11.9 Å². The molecule has 1 fully saturated rings. The van der Waals surface area contributed by atoms with Crippen molar-refractivity contribution in [2.75, 3.05) is 19.8 Å². The molecular weight excluding hydrogens is 306 g/mol. The van der Waals surface area contributed by atoms with E-state index in [9.17, 15) is 14.7 Å². The van der Waals surface area contributed by atoms with Crippen LogP contribution in [0.25, 0.3) is 0 Å². The number of benzene rings is 1. The van der Waals surface area contributed by atoms with E-state index in [0.29, 0.717) is 32.0 Å². The Morgan fingerprint density at radius 3 is 2.29 bits per heavy atom. The van der Waals surface area contributed by atoms with E-state index >= 15 is 0 Å². The number of hydrogen-bond acceptors (Lipinski definition) is 3. The third-order valence-electron chi connectivity index (χ3n) is 4.56. The van der Waals surface area contributed by atoms with E-state index in [0.717, 1.165) is 12.0 Å². The molecule has 1 aliphatic rings. The van der Waals surface area contributed by atoms with Gasteiger partial charge in [0.05, 0.1) is 11.8 Å². The van der Waals surface area contributed by atoms with Gasteiger partial charge in [-0.25, -0.2) is 0 Å². The lowest BCUT2D eigenvalue weighted by atomic mass is 9.80. The highest BCUT2D eigenvalue weighted by molar-refractivity contribution is 5.80. The second kappa shape index (κ2) is 8.29. The number of amides is 1. The molecule has 0 bridgehead atoms. The van der Waals surface area contributed by atoms with Gasteiger partial charge in [0.1, 0.15) is 0 Å². The lowest BCUT2D eigenvalue weighted by Gasteiger charge is -2.33. The number of hydrogen-bond donors (Lipinski definition) is 2. The van der Waals surface area contributed by atoms with Crippen LogP contribution in [0.2, 0.25) is 0 Å². The summed E-state index contributed by atoms with van der Waals surface area (Å²) < 4.78 is 5.24. The van der Waals surface area contributed by atoms with Crippen LogP contribution in [0.3, 0.4) is 0 Å². The molecule has 0 aromatic heterocycles. The van der Waals surface area contributed by atoms with Crippen LogP contribution >= 0.6 is 0 Å². The minimum absolute atomic E-state index is 0.140. The second-order valence-electron chi connectivity index (χ2n) is 7.07. The van der Waals surface area contributed by atoms with Crippen LogP contribution in [0.4, 0.5) is 0 Å². The largest absolute Gasteiger partial charge is 0.481 e. The van der Waals surface area contributed by atoms with Gasteiger partial charge in [0.15, 0.2) is 0 Å². The van der Waals surface area contributed by atoms with Gasteiger partial charge in [-0.15, -0.1) is 0 Å². The van der Waals surface area contributed by atoms with Crippen molar-refractivity contribution in [3.63, 3.8) is 0 Å². The Hall–Kier alpha value is -1.88. The lowest BCUT2D eigenvalue weighted by Crippen LogP contribution is -2.46. The number of rotatable bonds is 7. The van der Waals surface area contributed by atoms with Crippen molar-refractivity contribution < 1.29 is 19.4 Å². The van der Waals surface area contributed by atoms with Crippen LogP contribution in [0.5, 0.6) is 0 Å². The minimum atomic E-state index is -0.894. The maximum absolute atomic E-state index is 12.1. The topological polar surface area (TPSA) is 75.6 Å². The standard InChI is InChI=1S/C19H27NO4/c1-14(2)11-15-3-5-16(6-4-15)12-17(21)20-13-19(18(22)23)7-9-24-10-8-19/h3-6,14H,7-13H2,1-2H3,(H,20,21)(H,22,23). The first-order valence-electron chi connectivity index (χ1n) is 8.57. The lowest BCUT2D eigenvalue weighted by molar-refractivity contribution is -0.154. The summed E-state index contributed by atoms with van der Waals surface area (Å²) in [5, 5.41) is 12.3. The van der Waals surface area contributed by atoms with Gasteiger partial charge >= 0.3 is 5.97 Å². The van der Waals surface area contributed by atoms with E-state index in [-0.39, 0.29) is 18.9 Å². The Balaban J connectivity index is 1.87. The van der Waals surface area contributed by atoms with Gasteiger partial charge in [-0.3, -0.25) is 9.59 Å². The maximum atomic E-state index is 12.1. The maximum Gasteiger partial charge on any atom is 0.311 e. The first-order chi connectivity index (χ1) is 11.4. The van der Waals surface area contributed by atoms with Crippen molar-refractivity contribution in [3.8, 4) is 0 Å². The number of aliphatic carboxylic acids is 1. The summed E-state index contributed by atoms with van der Waals surface area (Å²) in [4.78, 5) is 23.7. The number of ether oxygens (including phenoxy) is 1. The summed E-state index contributed by atoms with van der Waals surface area (Å²) in [5.41, 5.74) is 1.31. The summed E-state index contributed by atoms with van der Waals surface area (Å²) in [5.74, 6) is -0.395. The van der Waals surface area contributed by atoms with E-state index in [1.54, 1.807) is 0 Å². The highest BCUT2D eigenvalue weighted by atomic mass is 16.5. The molecule has 1 aromatic carbocycles. The van der Waals surface area contributed by atoms with Gasteiger partial charge in [0.25, 0.3) is 0 Å². The summed E-state index contributed by atoms with van der Waals surface area (Å²) >= 11 is 0. The monoisotopic (exact) mass is 333 g/mol. The van der Waals surface area contributed by atoms with Crippen LogP contribution in [-0.2, 0) is 27.2 Å². The Bertz CT molecular complexity index is 559. The van der Waals surface area contributed by atoms with Gasteiger partial charge in [0, 0.05) is 19.8 Å². The van der Waals surface area contributed by atoms with E-state index in [1.165, 1.54) is 5.56 Å². The van der Waals surface area contributed by atoms with Crippen LogP contribution in [-0.4, -0.2) is 36.7 Å². The molecule has 5 heteroatoms. The van der Waals surface area contributed by atoms with Crippen LogP contribution in [0.1, 0.15) is 37.8 Å². The van der Waals surface area contributed by atoms with Crippen LogP contribution in [0.15, 0.2) is 24.3 Å². The van der Waals surface area contributed by atoms with Crippen LogP contribution < -0.4 is 5.32 Å². The van der Waals surface area contributed by atoms with Crippen molar-refractivity contribution in [1.29, 1.82) is 0 Å². The van der Waals surface area contributed by atoms with Crippen molar-refractivity contribution in [2.24, 2.45) is 11.3 Å². The second-order valence-corrected chi connectivity index (χ2v) is 7.07. The average Bonchev–Trinajstić information content (AvgIpc) is 2.55. The third-order valence-corrected chi connectivity index (χ3v) is 4.56. The average molecular weight is 333 g/mol. The number of carboxylic acid groups (broad SMARTS) is 1. The quantitative estimate of drug-likeness (QED) is 0.803. The van der Waals surface area contributed by atoms with Gasteiger partial charge in [-0.2, -0.15) is 0 Å². The smallest absolute Gasteiger partial charge is 0.311 e. The predicted molar refractivity (Wildman–Crippen MR) is 91.8 cm³/mol. The Kier molecular flexibility index (Phi) is 6.37. The summed E-state index contributed by atoms with van der Waals surface area (Å²) in [6, 6.07) is 8.05. The highest BCUT2D eigenvalue weighted by Crippen LogP contribution is 2.30. The number of carboxylic acids is 1. The minimum Gasteiger partial charge on any atom is -0.481 e. The first-order valence-corrected chi connectivity index (χ1v) is 8.57. The molecule has 0 spiro atoms. The summed E-state index contributed by atoms with van der Waals surface area (Å²) in [6.45, 7) is 5.38. The van der Waals surface area contributed by atoms with Gasteiger partial charge in [-0.1, -0.05) is 38.1 Å². The molecule has 132 valence electrons. The van der Waals surface area contributed by atoms with E-state index in [2.05, 4.69) is 31.3 Å². The SMILES string of the molecule is CC(C)Cc1ccc(CC(=O)NCC2(C(=O)O)CCOCC2)cc1. The zero-order chi connectivity index (χ0) is 17.6. The fourth-order valence-electron chi connectivity index (χ4n) is 3.01. The third kappa shape index (κ3) is 5.06. The Morgan fingerprint density at radius 1 is 1.17 bits per heavy atom. The van der Waals surface area contributed by atoms with E-state index in [1.807, 2.05) is 12.1 Å². The van der Waals surface area contributed by atoms with E-state index < -0.39 is 11.4 Å². The molecule has 0 radical (unpaired) electrons. The number of carbonyl (C=O) groups is 2. The molecule has 1 aliphatic heterocycles. The zero-order valence-corrected chi connectivity index (χ0v) is 14.5. The molecule has 0 unspecified atom stereocenters. The Morgan fingerprint density at radius 2 is 1.75 bits per heavy atom. The predicted octanol–water partition coefficient (Wildman–Crippen LogP) is 2.43. The zero-order valence-electron chi connectivity index (χ0n) is 14.5. The molecule has 1 saturated heterocycles. The van der Waals surface area contributed by atoms with E-state index in [4.69, 9.17) is 4.74 Å². The highest BCUT2D eigenvalue weighted by Gasteiger charge is 2.40. The number of carbonyl (C=O) groups excluding carboxylic acids is 1. The molecule has 24 heavy (non-hydrogen) atoms. The number of nitrogens with one attached hydrogen (secondary N) is 1. The summed E-state index contributed by atoms with van der Waals surface area (Å²) in [6.07, 6.45) is 2.17. The molecule has 2 rings (SSSR count). The first kappa shape index (κ1) is 18.5. The van der Waals surface area contributed by atoms with Crippen LogP contribution in [0, 0.1) is 11.3 Å². The van der Waals surface area contributed by atoms with Gasteiger partial charge < -0.3 is 15.2 Å². The fraction of sp³-hybridized carbons (Fsp3) is 0.579. The van der Waals surface area contributed by atoms with Crippen molar-refractivity contribution in [3.05, 3.63) is 35.4 Å². The molecule has 1 aromatic rings. The molecule has 0 aliphatic carbocycles. The van der Waals surface area contributed by atoms with Crippen molar-refractivity contribution in [1.82, 2.24) is 5.32 Å². The van der Waals surface area contributed by atoms with Gasteiger partial charge in [0.2, 0.25) is 5.91 Å². The van der Waals surface area contributed by atoms with Gasteiger partial charge in [-0.05, 0) is 36.3 Å². The molecule has 0 atom stereocenters. The van der Waals surface area contributed by atoms with Crippen molar-refractivity contribution in [2.45, 2.75) is 39.5 Å².